The number of anilines is 1. The highest BCUT2D eigenvalue weighted by Crippen LogP contribution is 2.47. The number of fused-ring (bicyclic) bond motifs is 1. The quantitative estimate of drug-likeness (QED) is 0.508. The standard InChI is InChI=1S/C23H24N6O/c1-15-26-22(24-11-16-12-25-29(2)13-16)10-23(27-15)30-14-18-9-19(18)21-8-7-17-5-3-4-6-20(17)28-21/h3-8,10,12-13,18-19H,9,11,14H2,1-2H3,(H,24,26,27)/t18-,19+/m1/s1. The molecule has 1 aromatic carbocycles. The molecular weight excluding hydrogens is 376 g/mol. The summed E-state index contributed by atoms with van der Waals surface area (Å²) in [5.41, 5.74) is 3.30. The molecule has 0 unspecified atom stereocenters. The molecule has 1 aliphatic carbocycles. The van der Waals surface area contributed by atoms with E-state index in [1.807, 2.05) is 44.6 Å². The molecule has 0 radical (unpaired) electrons. The van der Waals surface area contributed by atoms with E-state index >= 15 is 0 Å². The van der Waals surface area contributed by atoms with Crippen LogP contribution in [0.4, 0.5) is 5.82 Å². The second kappa shape index (κ2) is 7.74. The number of ether oxygens (including phenoxy) is 1. The summed E-state index contributed by atoms with van der Waals surface area (Å²) in [6.45, 7) is 3.17. The molecule has 7 heteroatoms. The maximum Gasteiger partial charge on any atom is 0.218 e. The van der Waals surface area contributed by atoms with Crippen molar-refractivity contribution in [2.75, 3.05) is 11.9 Å². The molecule has 2 atom stereocenters. The molecule has 1 N–H and O–H groups in total. The normalized spacial score (nSPS) is 17.8. The fourth-order valence-corrected chi connectivity index (χ4v) is 3.74. The summed E-state index contributed by atoms with van der Waals surface area (Å²) >= 11 is 0. The van der Waals surface area contributed by atoms with Crippen molar-refractivity contribution in [3.05, 3.63) is 71.9 Å². The van der Waals surface area contributed by atoms with Crippen molar-refractivity contribution in [1.29, 1.82) is 0 Å². The van der Waals surface area contributed by atoms with Crippen molar-refractivity contribution in [2.45, 2.75) is 25.8 Å². The maximum absolute atomic E-state index is 6.01. The first-order chi connectivity index (χ1) is 14.6. The Kier molecular flexibility index (Phi) is 4.78. The molecule has 0 saturated heterocycles. The second-order valence-corrected chi connectivity index (χ2v) is 7.86. The lowest BCUT2D eigenvalue weighted by atomic mass is 10.1. The van der Waals surface area contributed by atoms with Gasteiger partial charge < -0.3 is 10.1 Å². The maximum atomic E-state index is 6.01. The lowest BCUT2D eigenvalue weighted by Crippen LogP contribution is -2.07. The first kappa shape index (κ1) is 18.5. The number of benzene rings is 1. The van der Waals surface area contributed by atoms with Crippen molar-refractivity contribution in [3.8, 4) is 5.88 Å². The second-order valence-electron chi connectivity index (χ2n) is 7.86. The fourth-order valence-electron chi connectivity index (χ4n) is 3.74. The van der Waals surface area contributed by atoms with Gasteiger partial charge in [0.25, 0.3) is 0 Å². The number of nitrogens with one attached hydrogen (secondary N) is 1. The number of pyridine rings is 1. The summed E-state index contributed by atoms with van der Waals surface area (Å²) < 4.78 is 7.80. The predicted molar refractivity (Wildman–Crippen MR) is 115 cm³/mol. The zero-order valence-electron chi connectivity index (χ0n) is 17.1. The monoisotopic (exact) mass is 400 g/mol. The molecule has 0 aliphatic heterocycles. The highest BCUT2D eigenvalue weighted by Gasteiger charge is 2.40. The minimum absolute atomic E-state index is 0.459. The molecule has 0 spiro atoms. The highest BCUT2D eigenvalue weighted by molar-refractivity contribution is 5.78. The smallest absolute Gasteiger partial charge is 0.218 e. The fraction of sp³-hybridized carbons (Fsp3) is 0.304. The van der Waals surface area contributed by atoms with Crippen LogP contribution in [0.25, 0.3) is 10.9 Å². The summed E-state index contributed by atoms with van der Waals surface area (Å²) in [6, 6.07) is 14.4. The Morgan fingerprint density at radius 3 is 2.90 bits per heavy atom. The number of hydrogen-bond acceptors (Lipinski definition) is 6. The van der Waals surface area contributed by atoms with Crippen LogP contribution in [0.2, 0.25) is 0 Å². The average molecular weight is 400 g/mol. The van der Waals surface area contributed by atoms with E-state index in [0.717, 1.165) is 29.0 Å². The minimum atomic E-state index is 0.459. The van der Waals surface area contributed by atoms with E-state index < -0.39 is 0 Å². The van der Waals surface area contributed by atoms with Crippen LogP contribution in [0, 0.1) is 12.8 Å². The molecule has 30 heavy (non-hydrogen) atoms. The van der Waals surface area contributed by atoms with E-state index in [1.54, 1.807) is 4.68 Å². The molecule has 0 amide bonds. The highest BCUT2D eigenvalue weighted by atomic mass is 16.5. The molecule has 3 heterocycles. The van der Waals surface area contributed by atoms with Crippen LogP contribution >= 0.6 is 0 Å². The number of hydrogen-bond donors (Lipinski definition) is 1. The van der Waals surface area contributed by atoms with E-state index in [-0.39, 0.29) is 0 Å². The van der Waals surface area contributed by atoms with Gasteiger partial charge in [0.15, 0.2) is 0 Å². The SMILES string of the molecule is Cc1nc(NCc2cnn(C)c2)cc(OC[C@H]2C[C@@H]2c2ccc3ccccc3n2)n1. The first-order valence-electron chi connectivity index (χ1n) is 10.2. The summed E-state index contributed by atoms with van der Waals surface area (Å²) in [5.74, 6) is 2.98. The van der Waals surface area contributed by atoms with Gasteiger partial charge in [-0.15, -0.1) is 0 Å². The number of nitrogens with zero attached hydrogens (tertiary/aromatic N) is 5. The van der Waals surface area contributed by atoms with Gasteiger partial charge in [0, 0.05) is 54.3 Å². The Labute approximate surface area is 175 Å². The van der Waals surface area contributed by atoms with Gasteiger partial charge in [-0.2, -0.15) is 10.1 Å². The molecule has 152 valence electrons. The van der Waals surface area contributed by atoms with E-state index in [1.165, 1.54) is 5.39 Å². The van der Waals surface area contributed by atoms with E-state index in [9.17, 15) is 0 Å². The Balaban J connectivity index is 1.19. The average Bonchev–Trinajstić information content (AvgIpc) is 3.42. The van der Waals surface area contributed by atoms with E-state index in [2.05, 4.69) is 44.6 Å². The van der Waals surface area contributed by atoms with Crippen molar-refractivity contribution >= 4 is 16.7 Å². The van der Waals surface area contributed by atoms with Crippen LogP contribution in [-0.4, -0.2) is 31.3 Å². The van der Waals surface area contributed by atoms with Crippen LogP contribution in [0.15, 0.2) is 54.9 Å². The van der Waals surface area contributed by atoms with Gasteiger partial charge >= 0.3 is 0 Å². The van der Waals surface area contributed by atoms with Gasteiger partial charge in [0.1, 0.15) is 11.6 Å². The Morgan fingerprint density at radius 2 is 2.03 bits per heavy atom. The van der Waals surface area contributed by atoms with Crippen LogP contribution in [-0.2, 0) is 13.6 Å². The molecule has 1 aliphatic rings. The third-order valence-corrected chi connectivity index (χ3v) is 5.41. The minimum Gasteiger partial charge on any atom is -0.477 e. The zero-order chi connectivity index (χ0) is 20.5. The van der Waals surface area contributed by atoms with Gasteiger partial charge in [-0.25, -0.2) is 4.98 Å². The molecular formula is C23H24N6O. The molecule has 5 rings (SSSR count). The molecule has 3 aromatic heterocycles. The van der Waals surface area contributed by atoms with E-state index in [4.69, 9.17) is 9.72 Å². The summed E-state index contributed by atoms with van der Waals surface area (Å²) in [5, 5.41) is 8.68. The molecule has 7 nitrogen and oxygen atoms in total. The number of para-hydroxylation sites is 1. The lowest BCUT2D eigenvalue weighted by molar-refractivity contribution is 0.284. The Hall–Kier alpha value is -3.48. The van der Waals surface area contributed by atoms with Crippen LogP contribution in [0.1, 0.15) is 29.4 Å². The van der Waals surface area contributed by atoms with Crippen LogP contribution in [0.3, 0.4) is 0 Å². The number of aromatic nitrogens is 5. The van der Waals surface area contributed by atoms with Gasteiger partial charge in [-0.3, -0.25) is 9.67 Å². The summed E-state index contributed by atoms with van der Waals surface area (Å²) in [6.07, 6.45) is 4.92. The van der Waals surface area contributed by atoms with Crippen molar-refractivity contribution in [2.24, 2.45) is 13.0 Å². The zero-order valence-corrected chi connectivity index (χ0v) is 17.1. The topological polar surface area (TPSA) is 77.8 Å². The van der Waals surface area contributed by atoms with Gasteiger partial charge in [0.2, 0.25) is 5.88 Å². The third-order valence-electron chi connectivity index (χ3n) is 5.41. The van der Waals surface area contributed by atoms with Crippen LogP contribution in [0.5, 0.6) is 5.88 Å². The Bertz CT molecular complexity index is 1190. The lowest BCUT2D eigenvalue weighted by Gasteiger charge is -2.09. The van der Waals surface area contributed by atoms with Crippen molar-refractivity contribution in [3.63, 3.8) is 0 Å². The number of aryl methyl sites for hydroxylation is 2. The van der Waals surface area contributed by atoms with E-state index in [0.29, 0.717) is 36.7 Å². The number of rotatable bonds is 7. The van der Waals surface area contributed by atoms with Crippen molar-refractivity contribution in [1.82, 2.24) is 24.7 Å². The summed E-state index contributed by atoms with van der Waals surface area (Å²) in [4.78, 5) is 13.7. The first-order valence-corrected chi connectivity index (χ1v) is 10.2. The molecule has 1 saturated carbocycles. The van der Waals surface area contributed by atoms with Crippen molar-refractivity contribution < 1.29 is 4.74 Å². The van der Waals surface area contributed by atoms with Crippen LogP contribution < -0.4 is 10.1 Å². The van der Waals surface area contributed by atoms with Gasteiger partial charge in [0.05, 0.1) is 18.3 Å². The van der Waals surface area contributed by atoms with Gasteiger partial charge in [-0.05, 0) is 25.5 Å². The molecule has 4 aromatic rings. The molecule has 1 fully saturated rings. The third kappa shape index (κ3) is 4.10. The summed E-state index contributed by atoms with van der Waals surface area (Å²) in [7, 11) is 1.91. The largest absolute Gasteiger partial charge is 0.477 e. The Morgan fingerprint density at radius 1 is 1.13 bits per heavy atom. The predicted octanol–water partition coefficient (Wildman–Crippen LogP) is 3.86. The molecule has 0 bridgehead atoms. The van der Waals surface area contributed by atoms with Gasteiger partial charge in [-0.1, -0.05) is 24.3 Å².